The van der Waals surface area contributed by atoms with E-state index in [1.54, 1.807) is 6.08 Å². The van der Waals surface area contributed by atoms with Crippen LogP contribution in [0.3, 0.4) is 0 Å². The Bertz CT molecular complexity index is 273. The average Bonchev–Trinajstić information content (AvgIpc) is 2.62. The van der Waals surface area contributed by atoms with Crippen LogP contribution in [-0.2, 0) is 9.53 Å². The van der Waals surface area contributed by atoms with Crippen molar-refractivity contribution in [1.82, 2.24) is 0 Å². The number of rotatable bonds is 7. The summed E-state index contributed by atoms with van der Waals surface area (Å²) >= 11 is 0. The van der Waals surface area contributed by atoms with Crippen molar-refractivity contribution in [2.45, 2.75) is 57.2 Å². The Labute approximate surface area is 102 Å². The lowest BCUT2D eigenvalue weighted by Crippen LogP contribution is -2.08. The topological polar surface area (TPSA) is 66.8 Å². The standard InChI is InChI=1S/C13H22O4/c1-17-13(16)7-5-3-2-4-6-10-8-11(14)9-12(10)15/h8,11-12,14-15H,2-7,9H2,1H3. The molecular weight excluding hydrogens is 220 g/mol. The molecule has 0 fully saturated rings. The fourth-order valence-corrected chi connectivity index (χ4v) is 2.11. The van der Waals surface area contributed by atoms with Crippen LogP contribution in [0, 0.1) is 0 Å². The number of esters is 1. The monoisotopic (exact) mass is 242 g/mol. The second-order valence-corrected chi connectivity index (χ2v) is 4.55. The molecule has 1 aliphatic carbocycles. The van der Waals surface area contributed by atoms with Gasteiger partial charge in [0.2, 0.25) is 0 Å². The Balaban J connectivity index is 2.01. The van der Waals surface area contributed by atoms with Gasteiger partial charge in [0.25, 0.3) is 0 Å². The zero-order valence-electron chi connectivity index (χ0n) is 10.4. The zero-order valence-corrected chi connectivity index (χ0v) is 10.4. The molecule has 1 rings (SSSR count). The van der Waals surface area contributed by atoms with Gasteiger partial charge in [0.15, 0.2) is 0 Å². The summed E-state index contributed by atoms with van der Waals surface area (Å²) in [5.74, 6) is -0.151. The first kappa shape index (κ1) is 14.2. The molecule has 0 aromatic carbocycles. The Morgan fingerprint density at radius 2 is 2.06 bits per heavy atom. The highest BCUT2D eigenvalue weighted by atomic mass is 16.5. The van der Waals surface area contributed by atoms with Crippen LogP contribution in [0.5, 0.6) is 0 Å². The average molecular weight is 242 g/mol. The van der Waals surface area contributed by atoms with E-state index in [1.807, 2.05) is 0 Å². The van der Waals surface area contributed by atoms with Gasteiger partial charge in [-0.2, -0.15) is 0 Å². The maximum atomic E-state index is 10.8. The molecule has 2 unspecified atom stereocenters. The van der Waals surface area contributed by atoms with Crippen molar-refractivity contribution in [3.63, 3.8) is 0 Å². The summed E-state index contributed by atoms with van der Waals surface area (Å²) in [6.45, 7) is 0. The predicted octanol–water partition coefficient (Wildman–Crippen LogP) is 1.55. The fourth-order valence-electron chi connectivity index (χ4n) is 2.11. The molecule has 0 aromatic heterocycles. The molecule has 0 bridgehead atoms. The van der Waals surface area contributed by atoms with E-state index >= 15 is 0 Å². The highest BCUT2D eigenvalue weighted by Gasteiger charge is 2.21. The largest absolute Gasteiger partial charge is 0.469 e. The molecule has 0 saturated carbocycles. The molecule has 0 aliphatic heterocycles. The SMILES string of the molecule is COC(=O)CCCCCCC1=CC(O)CC1O. The molecule has 2 atom stereocenters. The molecule has 0 aromatic rings. The van der Waals surface area contributed by atoms with E-state index in [0.29, 0.717) is 12.8 Å². The van der Waals surface area contributed by atoms with Gasteiger partial charge in [0.1, 0.15) is 0 Å². The maximum Gasteiger partial charge on any atom is 0.305 e. The van der Waals surface area contributed by atoms with E-state index in [2.05, 4.69) is 4.74 Å². The van der Waals surface area contributed by atoms with Gasteiger partial charge in [0.05, 0.1) is 19.3 Å². The minimum Gasteiger partial charge on any atom is -0.469 e. The van der Waals surface area contributed by atoms with Crippen molar-refractivity contribution in [1.29, 1.82) is 0 Å². The third kappa shape index (κ3) is 5.33. The zero-order chi connectivity index (χ0) is 12.7. The second kappa shape index (κ2) is 7.45. The van der Waals surface area contributed by atoms with Crippen LogP contribution in [0.15, 0.2) is 11.6 Å². The molecule has 0 spiro atoms. The lowest BCUT2D eigenvalue weighted by Gasteiger charge is -2.07. The summed E-state index contributed by atoms with van der Waals surface area (Å²) in [7, 11) is 1.40. The normalized spacial score (nSPS) is 23.6. The predicted molar refractivity (Wildman–Crippen MR) is 64.4 cm³/mol. The van der Waals surface area contributed by atoms with Crippen molar-refractivity contribution < 1.29 is 19.7 Å². The highest BCUT2D eigenvalue weighted by Crippen LogP contribution is 2.24. The van der Waals surface area contributed by atoms with Gasteiger partial charge in [-0.05, 0) is 24.8 Å². The van der Waals surface area contributed by atoms with Crippen LogP contribution in [0.25, 0.3) is 0 Å². The molecular formula is C13H22O4. The lowest BCUT2D eigenvalue weighted by atomic mass is 10.0. The second-order valence-electron chi connectivity index (χ2n) is 4.55. The van der Waals surface area contributed by atoms with Crippen LogP contribution in [0.4, 0.5) is 0 Å². The summed E-state index contributed by atoms with van der Waals surface area (Å²) in [6.07, 6.45) is 6.50. The Hall–Kier alpha value is -0.870. The molecule has 0 heterocycles. The quantitative estimate of drug-likeness (QED) is 0.404. The molecule has 98 valence electrons. The van der Waals surface area contributed by atoms with Gasteiger partial charge in [-0.1, -0.05) is 18.9 Å². The van der Waals surface area contributed by atoms with E-state index < -0.39 is 12.2 Å². The first-order valence-corrected chi connectivity index (χ1v) is 6.27. The van der Waals surface area contributed by atoms with Gasteiger partial charge < -0.3 is 14.9 Å². The summed E-state index contributed by atoms with van der Waals surface area (Å²) in [5.41, 5.74) is 0.963. The molecule has 0 radical (unpaired) electrons. The van der Waals surface area contributed by atoms with Crippen molar-refractivity contribution in [2.75, 3.05) is 7.11 Å². The lowest BCUT2D eigenvalue weighted by molar-refractivity contribution is -0.140. The molecule has 4 heteroatoms. The van der Waals surface area contributed by atoms with Gasteiger partial charge in [-0.3, -0.25) is 4.79 Å². The summed E-state index contributed by atoms with van der Waals surface area (Å²) in [5, 5.41) is 18.9. The number of unbranched alkanes of at least 4 members (excludes halogenated alkanes) is 3. The number of ether oxygens (including phenoxy) is 1. The number of hydrogen-bond acceptors (Lipinski definition) is 4. The van der Waals surface area contributed by atoms with Gasteiger partial charge >= 0.3 is 5.97 Å². The van der Waals surface area contributed by atoms with Gasteiger partial charge in [-0.25, -0.2) is 0 Å². The minimum absolute atomic E-state index is 0.151. The highest BCUT2D eigenvalue weighted by molar-refractivity contribution is 5.68. The molecule has 0 amide bonds. The van der Waals surface area contributed by atoms with Crippen molar-refractivity contribution in [3.8, 4) is 0 Å². The number of methoxy groups -OCH3 is 1. The number of aliphatic hydroxyl groups excluding tert-OH is 2. The summed E-state index contributed by atoms with van der Waals surface area (Å²) in [4.78, 5) is 10.8. The van der Waals surface area contributed by atoms with Crippen molar-refractivity contribution >= 4 is 5.97 Å². The van der Waals surface area contributed by atoms with Gasteiger partial charge in [0, 0.05) is 12.8 Å². The summed E-state index contributed by atoms with van der Waals surface area (Å²) in [6, 6.07) is 0. The number of aliphatic hydroxyl groups is 2. The molecule has 1 aliphatic rings. The molecule has 2 N–H and O–H groups in total. The molecule has 4 nitrogen and oxygen atoms in total. The number of carbonyl (C=O) groups is 1. The third-order valence-corrected chi connectivity index (χ3v) is 3.12. The minimum atomic E-state index is -0.473. The number of hydrogen-bond donors (Lipinski definition) is 2. The van der Waals surface area contributed by atoms with Crippen LogP contribution in [0.1, 0.15) is 44.9 Å². The van der Waals surface area contributed by atoms with E-state index in [9.17, 15) is 15.0 Å². The van der Waals surface area contributed by atoms with Crippen LogP contribution < -0.4 is 0 Å². The Morgan fingerprint density at radius 1 is 1.35 bits per heavy atom. The van der Waals surface area contributed by atoms with Crippen molar-refractivity contribution in [2.24, 2.45) is 0 Å². The van der Waals surface area contributed by atoms with Crippen LogP contribution >= 0.6 is 0 Å². The van der Waals surface area contributed by atoms with E-state index in [0.717, 1.165) is 37.7 Å². The van der Waals surface area contributed by atoms with E-state index in [-0.39, 0.29) is 5.97 Å². The third-order valence-electron chi connectivity index (χ3n) is 3.12. The first-order valence-electron chi connectivity index (χ1n) is 6.27. The smallest absolute Gasteiger partial charge is 0.305 e. The van der Waals surface area contributed by atoms with E-state index in [1.165, 1.54) is 7.11 Å². The molecule has 0 saturated heterocycles. The Kier molecular flexibility index (Phi) is 6.22. The first-order chi connectivity index (χ1) is 8.13. The van der Waals surface area contributed by atoms with Crippen LogP contribution in [0.2, 0.25) is 0 Å². The molecule has 17 heavy (non-hydrogen) atoms. The van der Waals surface area contributed by atoms with Crippen LogP contribution in [-0.4, -0.2) is 35.5 Å². The fraction of sp³-hybridized carbons (Fsp3) is 0.769. The summed E-state index contributed by atoms with van der Waals surface area (Å²) < 4.78 is 4.56. The number of carbonyl (C=O) groups excluding carboxylic acids is 1. The Morgan fingerprint density at radius 3 is 2.65 bits per heavy atom. The van der Waals surface area contributed by atoms with Gasteiger partial charge in [-0.15, -0.1) is 0 Å². The van der Waals surface area contributed by atoms with Crippen molar-refractivity contribution in [3.05, 3.63) is 11.6 Å². The van der Waals surface area contributed by atoms with E-state index in [4.69, 9.17) is 0 Å². The maximum absolute atomic E-state index is 10.8.